The van der Waals surface area contributed by atoms with Gasteiger partial charge >= 0.3 is 0 Å². The molecule has 2 aromatic rings. The van der Waals surface area contributed by atoms with Crippen LogP contribution in [0.2, 0.25) is 0 Å². The van der Waals surface area contributed by atoms with Gasteiger partial charge in [-0.3, -0.25) is 0 Å². The van der Waals surface area contributed by atoms with Crippen LogP contribution in [0, 0.1) is 11.3 Å². The van der Waals surface area contributed by atoms with Gasteiger partial charge in [0.05, 0.1) is 6.04 Å². The van der Waals surface area contributed by atoms with E-state index in [2.05, 4.69) is 34.3 Å². The Bertz CT molecular complexity index is 581. The van der Waals surface area contributed by atoms with Crippen molar-refractivity contribution >= 4 is 11.3 Å². The Morgan fingerprint density at radius 1 is 1.11 bits per heavy atom. The van der Waals surface area contributed by atoms with Gasteiger partial charge in [-0.25, -0.2) is 0 Å². The number of fused-ring (bicyclic) bond motifs is 3. The lowest BCUT2D eigenvalue weighted by molar-refractivity contribution is 0.218. The zero-order chi connectivity index (χ0) is 12.4. The Morgan fingerprint density at radius 3 is 2.74 bits per heavy atom. The Balaban J connectivity index is 1.52. The molecule has 2 aliphatic carbocycles. The van der Waals surface area contributed by atoms with Crippen LogP contribution in [0.15, 0.2) is 29.8 Å². The minimum atomic E-state index is 0.649. The minimum absolute atomic E-state index is 0.649. The van der Waals surface area contributed by atoms with E-state index in [4.69, 9.17) is 0 Å². The largest absolute Gasteiger partial charge is 0.339 e. The van der Waals surface area contributed by atoms with Gasteiger partial charge < -0.3 is 4.57 Å². The molecule has 2 heteroatoms. The lowest BCUT2D eigenvalue weighted by atomic mass is 9.76. The molecular formula is C17H19NS. The van der Waals surface area contributed by atoms with Gasteiger partial charge in [-0.2, -0.15) is 0 Å². The predicted molar refractivity (Wildman–Crippen MR) is 79.5 cm³/mol. The van der Waals surface area contributed by atoms with E-state index in [0.717, 1.165) is 11.3 Å². The van der Waals surface area contributed by atoms with Crippen molar-refractivity contribution < 1.29 is 0 Å². The SMILES string of the molecule is c1cc2n(c1)[C@@H](C1CCC3(CC1)CC3)c1sccc1-2. The number of aromatic nitrogens is 1. The molecule has 0 unspecified atom stereocenters. The van der Waals surface area contributed by atoms with E-state index in [9.17, 15) is 0 Å². The first-order valence-electron chi connectivity index (χ1n) is 7.61. The zero-order valence-electron chi connectivity index (χ0n) is 11.1. The van der Waals surface area contributed by atoms with Gasteiger partial charge in [-0.1, -0.05) is 0 Å². The van der Waals surface area contributed by atoms with Gasteiger partial charge in [-0.15, -0.1) is 11.3 Å². The molecule has 19 heavy (non-hydrogen) atoms. The molecule has 2 aromatic heterocycles. The minimum Gasteiger partial charge on any atom is -0.339 e. The molecule has 5 rings (SSSR count). The third-order valence-corrected chi connectivity index (χ3v) is 6.80. The molecule has 98 valence electrons. The van der Waals surface area contributed by atoms with Gasteiger partial charge in [0.2, 0.25) is 0 Å². The van der Waals surface area contributed by atoms with Crippen LogP contribution in [0.1, 0.15) is 49.4 Å². The van der Waals surface area contributed by atoms with E-state index in [0.29, 0.717) is 6.04 Å². The van der Waals surface area contributed by atoms with Crippen molar-refractivity contribution in [2.45, 2.75) is 44.6 Å². The second-order valence-corrected chi connectivity index (χ2v) is 7.73. The van der Waals surface area contributed by atoms with Gasteiger partial charge in [0, 0.05) is 22.3 Å². The molecule has 0 bridgehead atoms. The van der Waals surface area contributed by atoms with E-state index in [1.54, 1.807) is 4.88 Å². The Morgan fingerprint density at radius 2 is 1.95 bits per heavy atom. The molecule has 3 aliphatic rings. The molecule has 1 aliphatic heterocycles. The second-order valence-electron chi connectivity index (χ2n) is 6.78. The molecule has 1 nitrogen and oxygen atoms in total. The van der Waals surface area contributed by atoms with Crippen molar-refractivity contribution in [1.29, 1.82) is 0 Å². The van der Waals surface area contributed by atoms with Crippen molar-refractivity contribution in [3.05, 3.63) is 34.7 Å². The smallest absolute Gasteiger partial charge is 0.0713 e. The van der Waals surface area contributed by atoms with E-state index in [1.165, 1.54) is 49.8 Å². The third-order valence-electron chi connectivity index (χ3n) is 5.81. The fourth-order valence-electron chi connectivity index (χ4n) is 4.44. The van der Waals surface area contributed by atoms with Crippen LogP contribution in [-0.4, -0.2) is 4.57 Å². The number of thiophene rings is 1. The second kappa shape index (κ2) is 3.54. The summed E-state index contributed by atoms with van der Waals surface area (Å²) in [5.74, 6) is 0.872. The van der Waals surface area contributed by atoms with Gasteiger partial charge in [0.15, 0.2) is 0 Å². The number of nitrogens with zero attached hydrogens (tertiary/aromatic N) is 1. The molecule has 0 amide bonds. The highest BCUT2D eigenvalue weighted by molar-refractivity contribution is 7.10. The summed E-state index contributed by atoms with van der Waals surface area (Å²) in [6, 6.07) is 7.47. The fraction of sp³-hybridized carbons (Fsp3) is 0.529. The maximum atomic E-state index is 2.55. The van der Waals surface area contributed by atoms with Gasteiger partial charge in [0.1, 0.15) is 0 Å². The summed E-state index contributed by atoms with van der Waals surface area (Å²) in [7, 11) is 0. The summed E-state index contributed by atoms with van der Waals surface area (Å²) in [5.41, 5.74) is 3.77. The first-order chi connectivity index (χ1) is 9.36. The molecule has 0 aromatic carbocycles. The van der Waals surface area contributed by atoms with Crippen molar-refractivity contribution in [1.82, 2.24) is 4.57 Å². The molecule has 0 saturated heterocycles. The van der Waals surface area contributed by atoms with E-state index >= 15 is 0 Å². The highest BCUT2D eigenvalue weighted by Gasteiger charge is 2.47. The highest BCUT2D eigenvalue weighted by Crippen LogP contribution is 2.60. The van der Waals surface area contributed by atoms with Crippen LogP contribution < -0.4 is 0 Å². The summed E-state index contributed by atoms with van der Waals surface area (Å²) in [6.45, 7) is 0. The van der Waals surface area contributed by atoms with Crippen molar-refractivity contribution in [2.75, 3.05) is 0 Å². The zero-order valence-corrected chi connectivity index (χ0v) is 12.0. The van der Waals surface area contributed by atoms with Crippen molar-refractivity contribution in [3.63, 3.8) is 0 Å². The monoisotopic (exact) mass is 269 g/mol. The normalized spacial score (nSPS) is 27.5. The average Bonchev–Trinajstić information content (AvgIpc) is 2.85. The van der Waals surface area contributed by atoms with Gasteiger partial charge in [-0.05, 0) is 73.4 Å². The third kappa shape index (κ3) is 1.41. The summed E-state index contributed by atoms with van der Waals surface area (Å²) >= 11 is 1.97. The summed E-state index contributed by atoms with van der Waals surface area (Å²) in [5, 5.41) is 2.28. The summed E-state index contributed by atoms with van der Waals surface area (Å²) < 4.78 is 2.55. The van der Waals surface area contributed by atoms with Crippen LogP contribution >= 0.6 is 11.3 Å². The maximum absolute atomic E-state index is 2.55. The van der Waals surface area contributed by atoms with E-state index < -0.39 is 0 Å². The summed E-state index contributed by atoms with van der Waals surface area (Å²) in [6.07, 6.45) is 11.2. The van der Waals surface area contributed by atoms with Crippen LogP contribution in [-0.2, 0) is 0 Å². The lowest BCUT2D eigenvalue weighted by Crippen LogP contribution is -2.23. The van der Waals surface area contributed by atoms with Crippen LogP contribution in [0.4, 0.5) is 0 Å². The van der Waals surface area contributed by atoms with Crippen molar-refractivity contribution in [3.8, 4) is 11.3 Å². The topological polar surface area (TPSA) is 4.93 Å². The van der Waals surface area contributed by atoms with Gasteiger partial charge in [0.25, 0.3) is 0 Å². The average molecular weight is 269 g/mol. The van der Waals surface area contributed by atoms with E-state index in [1.807, 2.05) is 11.3 Å². The molecule has 0 N–H and O–H groups in total. The molecule has 0 radical (unpaired) electrons. The Kier molecular flexibility index (Phi) is 2.00. The fourth-order valence-corrected chi connectivity index (χ4v) is 5.53. The standard InChI is InChI=1S/C17H19NS/c1-2-14-13-5-11-19-16(13)15(18(14)10-1)12-3-6-17(7-4-12)8-9-17/h1-2,5,10-12,15H,3-4,6-9H2/t15-/m0/s1. The molecule has 2 saturated carbocycles. The molecular weight excluding hydrogens is 250 g/mol. The molecule has 2 fully saturated rings. The van der Waals surface area contributed by atoms with Crippen molar-refractivity contribution in [2.24, 2.45) is 11.3 Å². The highest BCUT2D eigenvalue weighted by atomic mass is 32.1. The van der Waals surface area contributed by atoms with Crippen LogP contribution in [0.5, 0.6) is 0 Å². The number of hydrogen-bond donors (Lipinski definition) is 0. The first kappa shape index (κ1) is 10.7. The molecule has 1 spiro atoms. The van der Waals surface area contributed by atoms with Crippen LogP contribution in [0.3, 0.4) is 0 Å². The van der Waals surface area contributed by atoms with Crippen LogP contribution in [0.25, 0.3) is 11.3 Å². The molecule has 1 atom stereocenters. The number of hydrogen-bond acceptors (Lipinski definition) is 1. The molecule has 3 heterocycles. The quantitative estimate of drug-likeness (QED) is 0.679. The van der Waals surface area contributed by atoms with E-state index in [-0.39, 0.29) is 0 Å². The Hall–Kier alpha value is -1.02. The first-order valence-corrected chi connectivity index (χ1v) is 8.49. The number of rotatable bonds is 1. The maximum Gasteiger partial charge on any atom is 0.0713 e. The Labute approximate surface area is 118 Å². The lowest BCUT2D eigenvalue weighted by Gasteiger charge is -2.33. The summed E-state index contributed by atoms with van der Waals surface area (Å²) in [4.78, 5) is 1.63. The predicted octanol–water partition coefficient (Wildman–Crippen LogP) is 5.09.